The molecule has 0 unspecified atom stereocenters. The van der Waals surface area contributed by atoms with Crippen LogP contribution in [0, 0.1) is 0 Å². The molecule has 23 heavy (non-hydrogen) atoms. The van der Waals surface area contributed by atoms with Crippen LogP contribution in [0.4, 0.5) is 5.69 Å². The van der Waals surface area contributed by atoms with E-state index in [-0.39, 0.29) is 23.9 Å². The Balaban J connectivity index is 2.71. The van der Waals surface area contributed by atoms with Crippen LogP contribution in [0.15, 0.2) is 18.2 Å². The van der Waals surface area contributed by atoms with Gasteiger partial charge in [-0.2, -0.15) is 0 Å². The number of hydrogen-bond donors (Lipinski definition) is 1. The van der Waals surface area contributed by atoms with Crippen LogP contribution < -0.4 is 9.62 Å². The molecule has 0 saturated heterocycles. The highest BCUT2D eigenvalue weighted by Gasteiger charge is 2.20. The summed E-state index contributed by atoms with van der Waals surface area (Å²) in [7, 11) is -1.99. The first kappa shape index (κ1) is 20.0. The standard InChI is InChI=1S/C14H20Cl2N2O4S/c1-22-9-7-17-14(19)4-3-8-18(23(2,20)21)13-10-11(15)5-6-12(13)16/h5-6,10H,3-4,7-9H2,1-2H3,(H,17,19). The summed E-state index contributed by atoms with van der Waals surface area (Å²) < 4.78 is 30.0. The minimum atomic E-state index is -3.54. The summed E-state index contributed by atoms with van der Waals surface area (Å²) in [4.78, 5) is 11.6. The molecule has 0 aliphatic carbocycles. The molecule has 1 amide bonds. The van der Waals surface area contributed by atoms with E-state index < -0.39 is 10.0 Å². The smallest absolute Gasteiger partial charge is 0.232 e. The lowest BCUT2D eigenvalue weighted by molar-refractivity contribution is -0.121. The van der Waals surface area contributed by atoms with Crippen molar-refractivity contribution < 1.29 is 17.9 Å². The van der Waals surface area contributed by atoms with Gasteiger partial charge in [-0.15, -0.1) is 0 Å². The van der Waals surface area contributed by atoms with E-state index in [0.29, 0.717) is 30.3 Å². The van der Waals surface area contributed by atoms with Crippen LogP contribution in [0.5, 0.6) is 0 Å². The molecule has 9 heteroatoms. The molecule has 0 aliphatic heterocycles. The predicted molar refractivity (Wildman–Crippen MR) is 92.8 cm³/mol. The molecule has 0 heterocycles. The Hall–Kier alpha value is -1.02. The fourth-order valence-electron chi connectivity index (χ4n) is 1.91. The van der Waals surface area contributed by atoms with Crippen LogP contribution in [-0.4, -0.2) is 47.4 Å². The highest BCUT2D eigenvalue weighted by atomic mass is 35.5. The second-order valence-electron chi connectivity index (χ2n) is 4.88. The van der Waals surface area contributed by atoms with Crippen LogP contribution in [0.1, 0.15) is 12.8 Å². The Morgan fingerprint density at radius 2 is 2.04 bits per heavy atom. The maximum atomic E-state index is 12.0. The van der Waals surface area contributed by atoms with E-state index in [1.807, 2.05) is 0 Å². The lowest BCUT2D eigenvalue weighted by Crippen LogP contribution is -2.32. The lowest BCUT2D eigenvalue weighted by atomic mass is 10.2. The van der Waals surface area contributed by atoms with Gasteiger partial charge in [0.2, 0.25) is 15.9 Å². The van der Waals surface area contributed by atoms with Crippen LogP contribution >= 0.6 is 23.2 Å². The van der Waals surface area contributed by atoms with E-state index >= 15 is 0 Å². The number of halogens is 2. The monoisotopic (exact) mass is 382 g/mol. The molecule has 0 atom stereocenters. The summed E-state index contributed by atoms with van der Waals surface area (Å²) in [5.74, 6) is -0.160. The van der Waals surface area contributed by atoms with Crippen molar-refractivity contribution in [3.63, 3.8) is 0 Å². The molecule has 0 bridgehead atoms. The van der Waals surface area contributed by atoms with Crippen molar-refractivity contribution in [1.82, 2.24) is 5.32 Å². The molecule has 1 aromatic carbocycles. The number of ether oxygens (including phenoxy) is 1. The number of methoxy groups -OCH3 is 1. The van der Waals surface area contributed by atoms with Gasteiger partial charge in [0.25, 0.3) is 0 Å². The Morgan fingerprint density at radius 3 is 2.65 bits per heavy atom. The summed E-state index contributed by atoms with van der Waals surface area (Å²) >= 11 is 12.0. The lowest BCUT2D eigenvalue weighted by Gasteiger charge is -2.23. The van der Waals surface area contributed by atoms with E-state index in [4.69, 9.17) is 27.9 Å². The minimum Gasteiger partial charge on any atom is -0.383 e. The Bertz CT molecular complexity index is 638. The van der Waals surface area contributed by atoms with E-state index in [9.17, 15) is 13.2 Å². The SMILES string of the molecule is COCCNC(=O)CCCN(c1cc(Cl)ccc1Cl)S(C)(=O)=O. The average Bonchev–Trinajstić information content (AvgIpc) is 2.45. The van der Waals surface area contributed by atoms with Gasteiger partial charge >= 0.3 is 0 Å². The Kier molecular flexibility index (Phi) is 8.11. The highest BCUT2D eigenvalue weighted by molar-refractivity contribution is 7.92. The predicted octanol–water partition coefficient (Wildman–Crippen LogP) is 2.30. The normalized spacial score (nSPS) is 11.3. The zero-order valence-corrected chi connectivity index (χ0v) is 15.3. The van der Waals surface area contributed by atoms with Crippen molar-refractivity contribution in [3.05, 3.63) is 28.2 Å². The molecule has 0 fully saturated rings. The van der Waals surface area contributed by atoms with Crippen molar-refractivity contribution >= 4 is 44.8 Å². The molecular weight excluding hydrogens is 363 g/mol. The van der Waals surface area contributed by atoms with Crippen molar-refractivity contribution in [3.8, 4) is 0 Å². The van der Waals surface area contributed by atoms with Gasteiger partial charge in [-0.05, 0) is 24.6 Å². The van der Waals surface area contributed by atoms with Crippen molar-refractivity contribution in [1.29, 1.82) is 0 Å². The molecule has 1 rings (SSSR count). The summed E-state index contributed by atoms with van der Waals surface area (Å²) in [5.41, 5.74) is 0.307. The third kappa shape index (κ3) is 6.95. The van der Waals surface area contributed by atoms with Gasteiger partial charge in [0.15, 0.2) is 0 Å². The van der Waals surface area contributed by atoms with Crippen molar-refractivity contribution in [2.45, 2.75) is 12.8 Å². The largest absolute Gasteiger partial charge is 0.383 e. The summed E-state index contributed by atoms with van der Waals surface area (Å²) in [5, 5.41) is 3.34. The fraction of sp³-hybridized carbons (Fsp3) is 0.500. The van der Waals surface area contributed by atoms with E-state index in [0.717, 1.165) is 10.6 Å². The van der Waals surface area contributed by atoms with Crippen LogP contribution in [0.25, 0.3) is 0 Å². The molecule has 0 radical (unpaired) electrons. The minimum absolute atomic E-state index is 0.136. The molecule has 6 nitrogen and oxygen atoms in total. The Morgan fingerprint density at radius 1 is 1.35 bits per heavy atom. The number of sulfonamides is 1. The molecule has 0 saturated carbocycles. The van der Waals surface area contributed by atoms with Crippen LogP contribution in [0.3, 0.4) is 0 Å². The highest BCUT2D eigenvalue weighted by Crippen LogP contribution is 2.30. The maximum Gasteiger partial charge on any atom is 0.232 e. The first-order valence-electron chi connectivity index (χ1n) is 6.94. The van der Waals surface area contributed by atoms with Gasteiger partial charge in [-0.1, -0.05) is 23.2 Å². The second kappa shape index (κ2) is 9.32. The number of benzene rings is 1. The van der Waals surface area contributed by atoms with Gasteiger partial charge < -0.3 is 10.1 Å². The number of carbonyl (C=O) groups excluding carboxylic acids is 1. The number of nitrogens with one attached hydrogen (secondary N) is 1. The Labute approximate surface area is 146 Å². The molecule has 0 aliphatic rings. The number of amides is 1. The average molecular weight is 383 g/mol. The zero-order chi connectivity index (χ0) is 17.5. The number of hydrogen-bond acceptors (Lipinski definition) is 4. The first-order valence-corrected chi connectivity index (χ1v) is 9.54. The maximum absolute atomic E-state index is 12.0. The number of carbonyl (C=O) groups is 1. The number of nitrogens with zero attached hydrogens (tertiary/aromatic N) is 1. The zero-order valence-electron chi connectivity index (χ0n) is 13.0. The van der Waals surface area contributed by atoms with Gasteiger partial charge in [0.1, 0.15) is 0 Å². The molecule has 1 aromatic rings. The molecular formula is C14H20Cl2N2O4S. The third-order valence-corrected chi connectivity index (χ3v) is 4.71. The number of rotatable bonds is 9. The van der Waals surface area contributed by atoms with Gasteiger partial charge in [-0.3, -0.25) is 9.10 Å². The van der Waals surface area contributed by atoms with Crippen molar-refractivity contribution in [2.24, 2.45) is 0 Å². The topological polar surface area (TPSA) is 75.7 Å². The summed E-state index contributed by atoms with van der Waals surface area (Å²) in [6, 6.07) is 4.61. The molecule has 1 N–H and O–H groups in total. The summed E-state index contributed by atoms with van der Waals surface area (Å²) in [6.45, 7) is 0.987. The fourth-order valence-corrected chi connectivity index (χ4v) is 3.31. The van der Waals surface area contributed by atoms with E-state index in [1.165, 1.54) is 12.1 Å². The molecule has 0 aromatic heterocycles. The van der Waals surface area contributed by atoms with Crippen LogP contribution in [-0.2, 0) is 19.6 Å². The van der Waals surface area contributed by atoms with E-state index in [2.05, 4.69) is 5.32 Å². The third-order valence-electron chi connectivity index (χ3n) is 2.97. The van der Waals surface area contributed by atoms with Gasteiger partial charge in [0, 0.05) is 31.6 Å². The van der Waals surface area contributed by atoms with Crippen molar-refractivity contribution in [2.75, 3.05) is 37.4 Å². The van der Waals surface area contributed by atoms with E-state index in [1.54, 1.807) is 13.2 Å². The quantitative estimate of drug-likeness (QED) is 0.664. The van der Waals surface area contributed by atoms with Crippen LogP contribution in [0.2, 0.25) is 10.0 Å². The first-order chi connectivity index (χ1) is 10.8. The summed E-state index contributed by atoms with van der Waals surface area (Å²) in [6.07, 6.45) is 1.64. The van der Waals surface area contributed by atoms with Gasteiger partial charge in [-0.25, -0.2) is 8.42 Å². The van der Waals surface area contributed by atoms with Gasteiger partial charge in [0.05, 0.1) is 23.6 Å². The molecule has 0 spiro atoms. The second-order valence-corrected chi connectivity index (χ2v) is 7.63. The molecule has 130 valence electrons. The number of anilines is 1.